The smallest absolute Gasteiger partial charge is 0.101 e. The van der Waals surface area contributed by atoms with Crippen LogP contribution in [0, 0.1) is 11.3 Å². The SMILES string of the molecule is N#Cc1ccc(Br)cc1NCC1=CCNCC1. The van der Waals surface area contributed by atoms with Crippen LogP contribution in [0.4, 0.5) is 5.69 Å². The average molecular weight is 292 g/mol. The van der Waals surface area contributed by atoms with Crippen molar-refractivity contribution in [3.05, 3.63) is 39.9 Å². The molecule has 1 aliphatic heterocycles. The molecular weight excluding hydrogens is 278 g/mol. The second kappa shape index (κ2) is 5.85. The van der Waals surface area contributed by atoms with Gasteiger partial charge in [-0.15, -0.1) is 0 Å². The lowest BCUT2D eigenvalue weighted by Crippen LogP contribution is -2.23. The Balaban J connectivity index is 2.05. The van der Waals surface area contributed by atoms with Gasteiger partial charge in [0.05, 0.1) is 11.3 Å². The molecule has 0 amide bonds. The topological polar surface area (TPSA) is 47.9 Å². The second-order valence-corrected chi connectivity index (χ2v) is 4.89. The van der Waals surface area contributed by atoms with Gasteiger partial charge in [0.2, 0.25) is 0 Å². The maximum Gasteiger partial charge on any atom is 0.101 e. The molecule has 0 saturated carbocycles. The Hall–Kier alpha value is -1.31. The zero-order valence-corrected chi connectivity index (χ0v) is 11.0. The van der Waals surface area contributed by atoms with Crippen LogP contribution in [0.25, 0.3) is 0 Å². The van der Waals surface area contributed by atoms with Gasteiger partial charge < -0.3 is 10.6 Å². The van der Waals surface area contributed by atoms with Crippen LogP contribution in [0.15, 0.2) is 34.3 Å². The molecule has 88 valence electrons. The van der Waals surface area contributed by atoms with Crippen LogP contribution < -0.4 is 10.6 Å². The van der Waals surface area contributed by atoms with E-state index in [1.54, 1.807) is 0 Å². The highest BCUT2D eigenvalue weighted by molar-refractivity contribution is 9.10. The molecule has 0 aromatic heterocycles. The molecule has 2 N–H and O–H groups in total. The van der Waals surface area contributed by atoms with Gasteiger partial charge in [0.1, 0.15) is 6.07 Å². The van der Waals surface area contributed by atoms with Crippen LogP contribution in [0.2, 0.25) is 0 Å². The van der Waals surface area contributed by atoms with Gasteiger partial charge in [-0.3, -0.25) is 0 Å². The molecule has 0 bridgehead atoms. The van der Waals surface area contributed by atoms with Gasteiger partial charge in [0, 0.05) is 17.6 Å². The number of nitrogens with zero attached hydrogens (tertiary/aromatic N) is 1. The van der Waals surface area contributed by atoms with Crippen molar-refractivity contribution in [2.24, 2.45) is 0 Å². The van der Waals surface area contributed by atoms with E-state index in [-0.39, 0.29) is 0 Å². The first-order chi connectivity index (χ1) is 8.29. The number of hydrogen-bond acceptors (Lipinski definition) is 3. The number of nitriles is 1. The number of rotatable bonds is 3. The molecule has 0 atom stereocenters. The maximum atomic E-state index is 9.02. The van der Waals surface area contributed by atoms with Crippen LogP contribution in [-0.4, -0.2) is 19.6 Å². The molecule has 0 saturated heterocycles. The van der Waals surface area contributed by atoms with Gasteiger partial charge >= 0.3 is 0 Å². The zero-order chi connectivity index (χ0) is 12.1. The summed E-state index contributed by atoms with van der Waals surface area (Å²) >= 11 is 3.42. The highest BCUT2D eigenvalue weighted by Gasteiger charge is 2.05. The quantitative estimate of drug-likeness (QED) is 0.842. The predicted octanol–water partition coefficient (Wildman–Crippen LogP) is 2.65. The van der Waals surface area contributed by atoms with Crippen molar-refractivity contribution in [1.29, 1.82) is 5.26 Å². The lowest BCUT2D eigenvalue weighted by atomic mass is 10.1. The Morgan fingerprint density at radius 1 is 1.47 bits per heavy atom. The van der Waals surface area contributed by atoms with Gasteiger partial charge in [-0.2, -0.15) is 5.26 Å². The Labute approximate surface area is 110 Å². The van der Waals surface area contributed by atoms with E-state index in [2.05, 4.69) is 38.7 Å². The predicted molar refractivity (Wildman–Crippen MR) is 72.9 cm³/mol. The van der Waals surface area contributed by atoms with E-state index >= 15 is 0 Å². The van der Waals surface area contributed by atoms with Crippen LogP contribution in [-0.2, 0) is 0 Å². The number of benzene rings is 1. The number of nitrogens with one attached hydrogen (secondary N) is 2. The minimum Gasteiger partial charge on any atom is -0.380 e. The van der Waals surface area contributed by atoms with Gasteiger partial charge in [-0.1, -0.05) is 27.6 Å². The molecule has 1 aromatic carbocycles. The summed E-state index contributed by atoms with van der Waals surface area (Å²) in [5.74, 6) is 0. The van der Waals surface area contributed by atoms with E-state index in [1.807, 2.05) is 18.2 Å². The van der Waals surface area contributed by atoms with Crippen molar-refractivity contribution in [2.75, 3.05) is 25.0 Å². The highest BCUT2D eigenvalue weighted by Crippen LogP contribution is 2.21. The van der Waals surface area contributed by atoms with E-state index in [1.165, 1.54) is 5.57 Å². The third-order valence-corrected chi connectivity index (χ3v) is 3.26. The number of halogens is 1. The third kappa shape index (κ3) is 3.32. The van der Waals surface area contributed by atoms with Gasteiger partial charge in [0.15, 0.2) is 0 Å². The summed E-state index contributed by atoms with van der Waals surface area (Å²) in [7, 11) is 0. The molecule has 2 rings (SSSR count). The molecule has 0 spiro atoms. The summed E-state index contributed by atoms with van der Waals surface area (Å²) in [6, 6.07) is 7.85. The zero-order valence-electron chi connectivity index (χ0n) is 9.46. The monoisotopic (exact) mass is 291 g/mol. The summed E-state index contributed by atoms with van der Waals surface area (Å²) < 4.78 is 0.985. The Morgan fingerprint density at radius 2 is 2.35 bits per heavy atom. The molecule has 0 radical (unpaired) electrons. The molecule has 0 aliphatic carbocycles. The molecule has 4 heteroatoms. The average Bonchev–Trinajstić information content (AvgIpc) is 2.38. The first-order valence-corrected chi connectivity index (χ1v) is 6.41. The Bertz CT molecular complexity index is 474. The highest BCUT2D eigenvalue weighted by atomic mass is 79.9. The molecule has 3 nitrogen and oxygen atoms in total. The minimum atomic E-state index is 0.683. The Morgan fingerprint density at radius 3 is 3.06 bits per heavy atom. The van der Waals surface area contributed by atoms with Crippen molar-refractivity contribution in [2.45, 2.75) is 6.42 Å². The minimum absolute atomic E-state index is 0.683. The summed E-state index contributed by atoms with van der Waals surface area (Å²) in [5, 5.41) is 15.6. The second-order valence-electron chi connectivity index (χ2n) is 3.97. The van der Waals surface area contributed by atoms with Crippen molar-refractivity contribution >= 4 is 21.6 Å². The fraction of sp³-hybridized carbons (Fsp3) is 0.308. The van der Waals surface area contributed by atoms with Crippen molar-refractivity contribution in [1.82, 2.24) is 5.32 Å². The van der Waals surface area contributed by atoms with E-state index in [0.29, 0.717) is 5.56 Å². The summed E-state index contributed by atoms with van der Waals surface area (Å²) in [5.41, 5.74) is 2.97. The molecule has 0 unspecified atom stereocenters. The Kier molecular flexibility index (Phi) is 4.18. The maximum absolute atomic E-state index is 9.02. The van der Waals surface area contributed by atoms with Gasteiger partial charge in [-0.05, 0) is 31.2 Å². The molecule has 1 aliphatic rings. The third-order valence-electron chi connectivity index (χ3n) is 2.77. The van der Waals surface area contributed by atoms with E-state index in [9.17, 15) is 0 Å². The largest absolute Gasteiger partial charge is 0.380 e. The van der Waals surface area contributed by atoms with E-state index in [0.717, 1.165) is 36.2 Å². The molecule has 1 heterocycles. The molecular formula is C13H14BrN3. The van der Waals surface area contributed by atoms with E-state index in [4.69, 9.17) is 5.26 Å². The van der Waals surface area contributed by atoms with Gasteiger partial charge in [0.25, 0.3) is 0 Å². The fourth-order valence-corrected chi connectivity index (χ4v) is 2.16. The van der Waals surface area contributed by atoms with Crippen LogP contribution in [0.3, 0.4) is 0 Å². The van der Waals surface area contributed by atoms with Gasteiger partial charge in [-0.25, -0.2) is 0 Å². The molecule has 1 aromatic rings. The van der Waals surface area contributed by atoms with Crippen LogP contribution in [0.5, 0.6) is 0 Å². The lowest BCUT2D eigenvalue weighted by Gasteiger charge is -2.15. The fourth-order valence-electron chi connectivity index (χ4n) is 1.80. The summed E-state index contributed by atoms with van der Waals surface area (Å²) in [6.07, 6.45) is 3.28. The summed E-state index contributed by atoms with van der Waals surface area (Å²) in [4.78, 5) is 0. The van der Waals surface area contributed by atoms with E-state index < -0.39 is 0 Å². The van der Waals surface area contributed by atoms with Crippen LogP contribution >= 0.6 is 15.9 Å². The van der Waals surface area contributed by atoms with Crippen LogP contribution in [0.1, 0.15) is 12.0 Å². The first-order valence-electron chi connectivity index (χ1n) is 5.62. The van der Waals surface area contributed by atoms with Crippen molar-refractivity contribution in [3.63, 3.8) is 0 Å². The number of anilines is 1. The standard InChI is InChI=1S/C13H14BrN3/c14-12-2-1-11(8-15)13(7-12)17-9-10-3-5-16-6-4-10/h1-3,7,16-17H,4-6,9H2. The molecule has 0 fully saturated rings. The lowest BCUT2D eigenvalue weighted by molar-refractivity contribution is 0.698. The van der Waals surface area contributed by atoms with Crippen molar-refractivity contribution < 1.29 is 0 Å². The molecule has 17 heavy (non-hydrogen) atoms. The number of hydrogen-bond donors (Lipinski definition) is 2. The normalized spacial score (nSPS) is 14.9. The summed E-state index contributed by atoms with van der Waals surface area (Å²) in [6.45, 7) is 2.80. The van der Waals surface area contributed by atoms with Crippen molar-refractivity contribution in [3.8, 4) is 6.07 Å². The first kappa shape index (κ1) is 12.2.